The second kappa shape index (κ2) is 5.25. The normalized spacial score (nSPS) is 11.0. The molecule has 0 fully saturated rings. The molecule has 2 heterocycles. The molecule has 108 valence electrons. The molecule has 0 atom stereocenters. The lowest BCUT2D eigenvalue weighted by Crippen LogP contribution is -2.14. The summed E-state index contributed by atoms with van der Waals surface area (Å²) >= 11 is 1.34. The van der Waals surface area contributed by atoms with Gasteiger partial charge in [-0.15, -0.1) is 10.2 Å². The molecular formula is C14H14N4O2S. The van der Waals surface area contributed by atoms with Crippen LogP contribution in [0.15, 0.2) is 16.7 Å². The SMILES string of the molecule is Cc1cc(C)c2onc(CC(=O)Nc3nnc(C)s3)c2c1. The quantitative estimate of drug-likeness (QED) is 0.804. The van der Waals surface area contributed by atoms with Gasteiger partial charge in [0.25, 0.3) is 0 Å². The number of carbonyl (C=O) groups excluding carboxylic acids is 1. The summed E-state index contributed by atoms with van der Waals surface area (Å²) in [6.45, 7) is 5.81. The van der Waals surface area contributed by atoms with Crippen LogP contribution in [0.3, 0.4) is 0 Å². The van der Waals surface area contributed by atoms with Gasteiger partial charge in [0, 0.05) is 5.39 Å². The Morgan fingerprint density at radius 2 is 2.10 bits per heavy atom. The molecule has 0 aliphatic rings. The van der Waals surface area contributed by atoms with Crippen LogP contribution in [0.4, 0.5) is 5.13 Å². The summed E-state index contributed by atoms with van der Waals surface area (Å²) in [7, 11) is 0. The van der Waals surface area contributed by atoms with Crippen LogP contribution >= 0.6 is 11.3 Å². The van der Waals surface area contributed by atoms with Crippen LogP contribution < -0.4 is 5.32 Å². The molecule has 1 amide bonds. The van der Waals surface area contributed by atoms with E-state index in [4.69, 9.17) is 4.52 Å². The first-order valence-electron chi connectivity index (χ1n) is 6.48. The van der Waals surface area contributed by atoms with Crippen molar-refractivity contribution in [2.45, 2.75) is 27.2 Å². The maximum atomic E-state index is 12.0. The van der Waals surface area contributed by atoms with Gasteiger partial charge >= 0.3 is 0 Å². The standard InChI is InChI=1S/C14H14N4O2S/c1-7-4-8(2)13-10(5-7)11(18-20-13)6-12(19)15-14-17-16-9(3)21-14/h4-5H,6H2,1-3H3,(H,15,17,19). The Kier molecular flexibility index (Phi) is 3.42. The largest absolute Gasteiger partial charge is 0.356 e. The van der Waals surface area contributed by atoms with Crippen LogP contribution in [0, 0.1) is 20.8 Å². The van der Waals surface area contributed by atoms with Crippen LogP contribution in [0.25, 0.3) is 11.0 Å². The number of fused-ring (bicyclic) bond motifs is 1. The molecule has 21 heavy (non-hydrogen) atoms. The van der Waals surface area contributed by atoms with Crippen molar-refractivity contribution in [2.75, 3.05) is 5.32 Å². The number of nitrogens with zero attached hydrogens (tertiary/aromatic N) is 3. The maximum Gasteiger partial charge on any atom is 0.232 e. The van der Waals surface area contributed by atoms with Gasteiger partial charge in [-0.05, 0) is 38.0 Å². The average molecular weight is 302 g/mol. The molecule has 0 aliphatic heterocycles. The van der Waals surface area contributed by atoms with Crippen molar-refractivity contribution in [2.24, 2.45) is 0 Å². The summed E-state index contributed by atoms with van der Waals surface area (Å²) in [5, 5.41) is 16.7. The van der Waals surface area contributed by atoms with Crippen LogP contribution in [0.2, 0.25) is 0 Å². The molecule has 0 saturated heterocycles. The maximum absolute atomic E-state index is 12.0. The van der Waals surface area contributed by atoms with Crippen molar-refractivity contribution in [3.8, 4) is 0 Å². The number of amides is 1. The molecular weight excluding hydrogens is 288 g/mol. The highest BCUT2D eigenvalue weighted by Crippen LogP contribution is 2.24. The summed E-state index contributed by atoms with van der Waals surface area (Å²) in [6.07, 6.45) is 0.147. The Labute approximate surface area is 125 Å². The van der Waals surface area contributed by atoms with E-state index in [0.717, 1.165) is 27.1 Å². The van der Waals surface area contributed by atoms with Gasteiger partial charge in [0.1, 0.15) is 10.7 Å². The van der Waals surface area contributed by atoms with Crippen molar-refractivity contribution in [1.29, 1.82) is 0 Å². The Bertz CT molecular complexity index is 822. The fourth-order valence-electron chi connectivity index (χ4n) is 2.23. The third-order valence-corrected chi connectivity index (χ3v) is 3.83. The summed E-state index contributed by atoms with van der Waals surface area (Å²) in [5.41, 5.74) is 3.50. The minimum Gasteiger partial charge on any atom is -0.356 e. The van der Waals surface area contributed by atoms with E-state index in [1.165, 1.54) is 11.3 Å². The molecule has 7 heteroatoms. The monoisotopic (exact) mass is 302 g/mol. The van der Waals surface area contributed by atoms with Crippen molar-refractivity contribution >= 4 is 33.3 Å². The number of hydrogen-bond acceptors (Lipinski definition) is 6. The van der Waals surface area contributed by atoms with Crippen molar-refractivity contribution in [1.82, 2.24) is 15.4 Å². The zero-order valence-corrected chi connectivity index (χ0v) is 12.7. The number of aryl methyl sites for hydroxylation is 3. The van der Waals surface area contributed by atoms with Crippen LogP contribution in [-0.2, 0) is 11.2 Å². The number of nitrogens with one attached hydrogen (secondary N) is 1. The molecule has 0 radical (unpaired) electrons. The van der Waals surface area contributed by atoms with Crippen molar-refractivity contribution < 1.29 is 9.32 Å². The third kappa shape index (κ3) is 2.78. The first kappa shape index (κ1) is 13.7. The molecule has 6 nitrogen and oxygen atoms in total. The molecule has 1 aromatic carbocycles. The highest BCUT2D eigenvalue weighted by Gasteiger charge is 2.15. The topological polar surface area (TPSA) is 80.9 Å². The van der Waals surface area contributed by atoms with Crippen LogP contribution in [-0.4, -0.2) is 21.3 Å². The number of aromatic nitrogens is 3. The first-order valence-corrected chi connectivity index (χ1v) is 7.30. The molecule has 0 aliphatic carbocycles. The van der Waals surface area contributed by atoms with Gasteiger partial charge in [-0.1, -0.05) is 22.6 Å². The Hall–Kier alpha value is -2.28. The third-order valence-electron chi connectivity index (χ3n) is 3.08. The minimum atomic E-state index is -0.180. The van der Waals surface area contributed by atoms with E-state index in [-0.39, 0.29) is 12.3 Å². The Morgan fingerprint density at radius 1 is 1.29 bits per heavy atom. The molecule has 2 aromatic heterocycles. The van der Waals surface area contributed by atoms with E-state index in [1.54, 1.807) is 0 Å². The first-order chi connectivity index (χ1) is 10.0. The lowest BCUT2D eigenvalue weighted by molar-refractivity contribution is -0.115. The average Bonchev–Trinajstić information content (AvgIpc) is 2.97. The molecule has 0 spiro atoms. The predicted octanol–water partition coefficient (Wildman–Crippen LogP) is 2.79. The summed E-state index contributed by atoms with van der Waals surface area (Å²) in [6, 6.07) is 4.01. The Morgan fingerprint density at radius 3 is 2.81 bits per heavy atom. The summed E-state index contributed by atoms with van der Waals surface area (Å²) in [5.74, 6) is -0.180. The minimum absolute atomic E-state index is 0.147. The number of hydrogen-bond donors (Lipinski definition) is 1. The molecule has 1 N–H and O–H groups in total. The van der Waals surface area contributed by atoms with E-state index in [0.29, 0.717) is 10.8 Å². The van der Waals surface area contributed by atoms with Crippen molar-refractivity contribution in [3.05, 3.63) is 34.0 Å². The number of benzene rings is 1. The lowest BCUT2D eigenvalue weighted by atomic mass is 10.1. The van der Waals surface area contributed by atoms with Gasteiger partial charge in [-0.25, -0.2) is 0 Å². The highest BCUT2D eigenvalue weighted by atomic mass is 32.1. The van der Waals surface area contributed by atoms with Crippen molar-refractivity contribution in [3.63, 3.8) is 0 Å². The summed E-state index contributed by atoms with van der Waals surface area (Å²) in [4.78, 5) is 12.0. The van der Waals surface area contributed by atoms with E-state index in [1.807, 2.05) is 32.9 Å². The number of anilines is 1. The van der Waals surface area contributed by atoms with Crippen LogP contribution in [0.1, 0.15) is 21.8 Å². The van der Waals surface area contributed by atoms with E-state index in [2.05, 4.69) is 20.7 Å². The van der Waals surface area contributed by atoms with E-state index >= 15 is 0 Å². The van der Waals surface area contributed by atoms with E-state index in [9.17, 15) is 4.79 Å². The number of carbonyl (C=O) groups is 1. The van der Waals surface area contributed by atoms with Crippen LogP contribution in [0.5, 0.6) is 0 Å². The van der Waals surface area contributed by atoms with Gasteiger partial charge < -0.3 is 9.84 Å². The molecule has 3 rings (SSSR count). The predicted molar refractivity (Wildman–Crippen MR) is 80.5 cm³/mol. The van der Waals surface area contributed by atoms with E-state index < -0.39 is 0 Å². The smallest absolute Gasteiger partial charge is 0.232 e. The molecule has 3 aromatic rings. The molecule has 0 unspecified atom stereocenters. The number of rotatable bonds is 3. The van der Waals surface area contributed by atoms with Gasteiger partial charge in [0.15, 0.2) is 5.58 Å². The van der Waals surface area contributed by atoms with Gasteiger partial charge in [0.05, 0.1) is 6.42 Å². The lowest BCUT2D eigenvalue weighted by Gasteiger charge is -2.00. The highest BCUT2D eigenvalue weighted by molar-refractivity contribution is 7.15. The zero-order chi connectivity index (χ0) is 15.0. The summed E-state index contributed by atoms with van der Waals surface area (Å²) < 4.78 is 5.33. The second-order valence-electron chi connectivity index (χ2n) is 4.94. The fourth-order valence-corrected chi connectivity index (χ4v) is 2.84. The van der Waals surface area contributed by atoms with Gasteiger partial charge in [0.2, 0.25) is 11.0 Å². The Balaban J connectivity index is 1.83. The van der Waals surface area contributed by atoms with Gasteiger partial charge in [-0.3, -0.25) is 4.79 Å². The van der Waals surface area contributed by atoms with Gasteiger partial charge in [-0.2, -0.15) is 0 Å². The molecule has 0 saturated carbocycles. The fraction of sp³-hybridized carbons (Fsp3) is 0.286. The zero-order valence-electron chi connectivity index (χ0n) is 11.9. The second-order valence-corrected chi connectivity index (χ2v) is 6.12. The molecule has 0 bridgehead atoms.